The summed E-state index contributed by atoms with van der Waals surface area (Å²) in [7, 11) is 0. The van der Waals surface area contributed by atoms with Gasteiger partial charge >= 0.3 is 0 Å². The van der Waals surface area contributed by atoms with Gasteiger partial charge in [-0.15, -0.1) is 0 Å². The van der Waals surface area contributed by atoms with Crippen LogP contribution in [-0.2, 0) is 4.79 Å². The van der Waals surface area contributed by atoms with Gasteiger partial charge in [-0.2, -0.15) is 0 Å². The third kappa shape index (κ3) is 10.00. The molecule has 0 fully saturated rings. The molecule has 0 aromatic heterocycles. The van der Waals surface area contributed by atoms with Crippen LogP contribution in [0, 0.1) is 0 Å². The molecule has 0 bridgehead atoms. The second-order valence-electron chi connectivity index (χ2n) is 1.15. The van der Waals surface area contributed by atoms with Gasteiger partial charge in [-0.1, -0.05) is 50.2 Å². The molecule has 0 unspecified atom stereocenters. The Morgan fingerprint density at radius 1 is 0.700 bits per heavy atom. The van der Waals surface area contributed by atoms with E-state index >= 15 is 0 Å². The second-order valence-corrected chi connectivity index (χ2v) is 1.15. The number of carbonyl (C=O) groups excluding carboxylic acids is 1. The van der Waals surface area contributed by atoms with Gasteiger partial charge in [0.25, 0.3) is 0 Å². The van der Waals surface area contributed by atoms with Gasteiger partial charge < -0.3 is 4.79 Å². The molecule has 1 aromatic rings. The summed E-state index contributed by atoms with van der Waals surface area (Å²) in [6.45, 7) is 6.00. The lowest BCUT2D eigenvalue weighted by Crippen LogP contribution is -1.47. The van der Waals surface area contributed by atoms with Crippen molar-refractivity contribution in [1.29, 1.82) is 0 Å². The van der Waals surface area contributed by atoms with Crippen LogP contribution >= 0.6 is 0 Å². The van der Waals surface area contributed by atoms with Crippen molar-refractivity contribution in [3.63, 3.8) is 0 Å². The highest BCUT2D eigenvalue weighted by atomic mass is 16.1. The molecule has 0 aliphatic carbocycles. The van der Waals surface area contributed by atoms with Crippen LogP contribution in [0.4, 0.5) is 0 Å². The molecule has 0 atom stereocenters. The zero-order valence-electron chi connectivity index (χ0n) is 6.58. The number of benzene rings is 1. The molecule has 0 saturated carbocycles. The maximum Gasteiger partial charge on any atom is 0.106 e. The Morgan fingerprint density at radius 3 is 0.900 bits per heavy atom. The third-order valence-electron chi connectivity index (χ3n) is 0.667. The molecule has 0 spiro atoms. The monoisotopic (exact) mass is 138 g/mol. The molecule has 0 heterocycles. The molecule has 1 nitrogen and oxygen atoms in total. The lowest BCUT2D eigenvalue weighted by Gasteiger charge is -1.69. The normalized spacial score (nSPS) is 5.80. The molecule has 0 N–H and O–H groups in total. The largest absolute Gasteiger partial charge is 0.307 e. The Bertz CT molecular complexity index is 87.6. The zero-order valence-corrected chi connectivity index (χ0v) is 6.58. The Hall–Kier alpha value is -1.11. The Morgan fingerprint density at radius 2 is 0.800 bits per heavy atom. The predicted octanol–water partition coefficient (Wildman–Crippen LogP) is 2.53. The molecular weight excluding hydrogens is 124 g/mol. The molecule has 0 saturated heterocycles. The fraction of sp³-hybridized carbons (Fsp3) is 0.222. The first-order valence-corrected chi connectivity index (χ1v) is 3.29. The third-order valence-corrected chi connectivity index (χ3v) is 0.667. The van der Waals surface area contributed by atoms with Crippen LogP contribution in [0.1, 0.15) is 13.8 Å². The molecule has 0 radical (unpaired) electrons. The quantitative estimate of drug-likeness (QED) is 0.538. The first kappa shape index (κ1) is 11.7. The van der Waals surface area contributed by atoms with Crippen LogP contribution in [0.5, 0.6) is 0 Å². The number of rotatable bonds is 0. The van der Waals surface area contributed by atoms with Gasteiger partial charge in [0, 0.05) is 0 Å². The van der Waals surface area contributed by atoms with Gasteiger partial charge in [-0.25, -0.2) is 0 Å². The molecular formula is C9H14O. The van der Waals surface area contributed by atoms with Crippen LogP contribution < -0.4 is 0 Å². The highest BCUT2D eigenvalue weighted by Crippen LogP contribution is 1.79. The van der Waals surface area contributed by atoms with Gasteiger partial charge in [-0.3, -0.25) is 0 Å². The Kier molecular flexibility index (Phi) is 18.3. The van der Waals surface area contributed by atoms with Crippen LogP contribution in [-0.4, -0.2) is 6.79 Å². The summed E-state index contributed by atoms with van der Waals surface area (Å²) in [5, 5.41) is 0. The van der Waals surface area contributed by atoms with E-state index in [0.717, 1.165) is 0 Å². The molecule has 1 aromatic carbocycles. The first-order valence-electron chi connectivity index (χ1n) is 3.29. The summed E-state index contributed by atoms with van der Waals surface area (Å²) in [6.07, 6.45) is 0. The van der Waals surface area contributed by atoms with Gasteiger partial charge in [0.2, 0.25) is 0 Å². The van der Waals surface area contributed by atoms with E-state index in [4.69, 9.17) is 4.79 Å². The minimum absolute atomic E-state index is 2.00. The molecule has 0 aliphatic rings. The van der Waals surface area contributed by atoms with Gasteiger partial charge in [-0.05, 0) is 0 Å². The van der Waals surface area contributed by atoms with Crippen molar-refractivity contribution in [3.8, 4) is 0 Å². The van der Waals surface area contributed by atoms with E-state index in [0.29, 0.717) is 0 Å². The van der Waals surface area contributed by atoms with Gasteiger partial charge in [0.1, 0.15) is 6.79 Å². The smallest absolute Gasteiger partial charge is 0.106 e. The molecule has 1 rings (SSSR count). The number of carbonyl (C=O) groups is 1. The SMILES string of the molecule is C=O.CC.c1ccccc1. The summed E-state index contributed by atoms with van der Waals surface area (Å²) in [5.41, 5.74) is 0. The fourth-order valence-electron chi connectivity index (χ4n) is 0.385. The maximum absolute atomic E-state index is 8.00. The predicted molar refractivity (Wildman–Crippen MR) is 44.9 cm³/mol. The summed E-state index contributed by atoms with van der Waals surface area (Å²) in [4.78, 5) is 8.00. The standard InChI is InChI=1S/C6H6.C2H6.CH2O/c1-2-4-6-5-3-1;2*1-2/h1-6H;1-2H3;1H2. The Labute approximate surface area is 62.7 Å². The molecule has 0 aliphatic heterocycles. The second kappa shape index (κ2) is 15.7. The zero-order chi connectivity index (χ0) is 8.24. The summed E-state index contributed by atoms with van der Waals surface area (Å²) in [5.74, 6) is 0. The van der Waals surface area contributed by atoms with Crippen molar-refractivity contribution >= 4 is 6.79 Å². The lowest BCUT2D eigenvalue weighted by molar-refractivity contribution is -0.0979. The first-order chi connectivity index (χ1) is 5.00. The highest BCUT2D eigenvalue weighted by molar-refractivity contribution is 5.11. The Balaban J connectivity index is 0. The van der Waals surface area contributed by atoms with E-state index in [1.54, 1.807) is 0 Å². The minimum Gasteiger partial charge on any atom is -0.307 e. The van der Waals surface area contributed by atoms with E-state index < -0.39 is 0 Å². The highest BCUT2D eigenvalue weighted by Gasteiger charge is 1.57. The number of hydrogen-bond donors (Lipinski definition) is 0. The van der Waals surface area contributed by atoms with Crippen molar-refractivity contribution in [2.24, 2.45) is 0 Å². The fourth-order valence-corrected chi connectivity index (χ4v) is 0.385. The average molecular weight is 138 g/mol. The molecule has 0 amide bonds. The van der Waals surface area contributed by atoms with Crippen LogP contribution in [0.2, 0.25) is 0 Å². The molecule has 10 heavy (non-hydrogen) atoms. The van der Waals surface area contributed by atoms with Crippen LogP contribution in [0.25, 0.3) is 0 Å². The van der Waals surface area contributed by atoms with Crippen molar-refractivity contribution in [2.45, 2.75) is 13.8 Å². The lowest BCUT2D eigenvalue weighted by atomic mass is 10.4. The maximum atomic E-state index is 8.00. The minimum atomic E-state index is 2.00. The number of hydrogen-bond acceptors (Lipinski definition) is 1. The van der Waals surface area contributed by atoms with Crippen molar-refractivity contribution < 1.29 is 4.79 Å². The molecule has 56 valence electrons. The summed E-state index contributed by atoms with van der Waals surface area (Å²) in [6, 6.07) is 12.0. The van der Waals surface area contributed by atoms with Crippen molar-refractivity contribution in [1.82, 2.24) is 0 Å². The summed E-state index contributed by atoms with van der Waals surface area (Å²) >= 11 is 0. The van der Waals surface area contributed by atoms with E-state index in [9.17, 15) is 0 Å². The van der Waals surface area contributed by atoms with Crippen LogP contribution in [0.3, 0.4) is 0 Å². The average Bonchev–Trinajstić information content (AvgIpc) is 2.14. The van der Waals surface area contributed by atoms with Crippen molar-refractivity contribution in [3.05, 3.63) is 36.4 Å². The van der Waals surface area contributed by atoms with E-state index in [-0.39, 0.29) is 0 Å². The summed E-state index contributed by atoms with van der Waals surface area (Å²) < 4.78 is 0. The van der Waals surface area contributed by atoms with E-state index in [1.165, 1.54) is 0 Å². The van der Waals surface area contributed by atoms with Crippen LogP contribution in [0.15, 0.2) is 36.4 Å². The van der Waals surface area contributed by atoms with E-state index in [2.05, 4.69) is 0 Å². The topological polar surface area (TPSA) is 17.1 Å². The van der Waals surface area contributed by atoms with E-state index in [1.807, 2.05) is 57.0 Å². The van der Waals surface area contributed by atoms with Gasteiger partial charge in [0.05, 0.1) is 0 Å². The van der Waals surface area contributed by atoms with Crippen molar-refractivity contribution in [2.75, 3.05) is 0 Å². The van der Waals surface area contributed by atoms with Gasteiger partial charge in [0.15, 0.2) is 0 Å². The molecule has 1 heteroatoms.